The molecule has 0 saturated carbocycles. The molecule has 0 aliphatic heterocycles. The van der Waals surface area contributed by atoms with Gasteiger partial charge in [-0.2, -0.15) is 13.2 Å². The molecule has 108 valence electrons. The maximum atomic E-state index is 12.4. The average molecular weight is 303 g/mol. The second-order valence-corrected chi connectivity index (χ2v) is 5.03. The number of aliphatic hydroxyl groups is 1. The van der Waals surface area contributed by atoms with Crippen molar-refractivity contribution in [3.8, 4) is 0 Å². The van der Waals surface area contributed by atoms with Crippen LogP contribution in [0.1, 0.15) is 11.5 Å². The van der Waals surface area contributed by atoms with E-state index in [9.17, 15) is 13.2 Å². The van der Waals surface area contributed by atoms with Gasteiger partial charge in [-0.15, -0.1) is 0 Å². The van der Waals surface area contributed by atoms with Gasteiger partial charge in [0.1, 0.15) is 18.1 Å². The maximum Gasteiger partial charge on any atom is 0.446 e. The van der Waals surface area contributed by atoms with Crippen molar-refractivity contribution in [2.24, 2.45) is 0 Å². The second-order valence-electron chi connectivity index (χ2n) is 3.92. The third-order valence-corrected chi connectivity index (χ3v) is 3.25. The van der Waals surface area contributed by atoms with Gasteiger partial charge in [-0.25, -0.2) is 0 Å². The number of hydrogen-bond acceptors (Lipinski definition) is 4. The van der Waals surface area contributed by atoms with Crippen molar-refractivity contribution >= 4 is 17.4 Å². The van der Waals surface area contributed by atoms with Crippen LogP contribution in [0.4, 0.5) is 18.9 Å². The summed E-state index contributed by atoms with van der Waals surface area (Å²) in [5.41, 5.74) is -3.94. The Balaban J connectivity index is 2.05. The van der Waals surface area contributed by atoms with Gasteiger partial charge >= 0.3 is 5.51 Å². The van der Waals surface area contributed by atoms with Crippen molar-refractivity contribution in [2.75, 3.05) is 5.32 Å². The van der Waals surface area contributed by atoms with E-state index >= 15 is 0 Å². The van der Waals surface area contributed by atoms with E-state index in [4.69, 9.17) is 9.52 Å². The molecule has 2 rings (SSSR count). The Morgan fingerprint density at radius 2 is 1.80 bits per heavy atom. The summed E-state index contributed by atoms with van der Waals surface area (Å²) < 4.78 is 42.5. The van der Waals surface area contributed by atoms with Crippen LogP contribution < -0.4 is 5.32 Å². The summed E-state index contributed by atoms with van der Waals surface area (Å²) >= 11 is -0.161. The molecule has 0 unspecified atom stereocenters. The number of thioether (sulfide) groups is 1. The highest BCUT2D eigenvalue weighted by Crippen LogP contribution is 2.40. The molecule has 1 aromatic heterocycles. The third kappa shape index (κ3) is 4.21. The lowest BCUT2D eigenvalue weighted by Crippen LogP contribution is -2.03. The molecule has 2 N–H and O–H groups in total. The quantitative estimate of drug-likeness (QED) is 0.820. The van der Waals surface area contributed by atoms with E-state index in [0.717, 1.165) is 0 Å². The first kappa shape index (κ1) is 14.8. The van der Waals surface area contributed by atoms with Crippen LogP contribution in [0.25, 0.3) is 0 Å². The lowest BCUT2D eigenvalue weighted by atomic mass is 10.3. The van der Waals surface area contributed by atoms with Gasteiger partial charge in [0.2, 0.25) is 0 Å². The molecule has 0 atom stereocenters. The highest BCUT2D eigenvalue weighted by atomic mass is 32.2. The summed E-state index contributed by atoms with van der Waals surface area (Å²) in [6.45, 7) is 0.0376. The number of hydrogen-bond donors (Lipinski definition) is 2. The molecule has 0 bridgehead atoms. The molecule has 0 aliphatic rings. The summed E-state index contributed by atoms with van der Waals surface area (Å²) in [6.07, 6.45) is 0. The number of aliphatic hydroxyl groups excluding tert-OH is 1. The molecular formula is C13H12F3NO2S. The zero-order valence-electron chi connectivity index (χ0n) is 10.3. The van der Waals surface area contributed by atoms with Gasteiger partial charge in [-0.05, 0) is 36.0 Å². The Kier molecular flexibility index (Phi) is 4.61. The fraction of sp³-hybridized carbons (Fsp3) is 0.231. The molecule has 1 aromatic carbocycles. The van der Waals surface area contributed by atoms with Crippen molar-refractivity contribution in [3.63, 3.8) is 0 Å². The number of alkyl halides is 3. The third-order valence-electron chi connectivity index (χ3n) is 2.44. The molecule has 0 spiro atoms. The Morgan fingerprint density at radius 1 is 1.10 bits per heavy atom. The van der Waals surface area contributed by atoms with Crippen LogP contribution >= 0.6 is 11.8 Å². The SMILES string of the molecule is OCc1ccc(CNc2ccccc2SC(F)(F)F)o1. The number of rotatable bonds is 5. The molecule has 0 saturated heterocycles. The number of nitrogens with one attached hydrogen (secondary N) is 1. The van der Waals surface area contributed by atoms with Gasteiger partial charge < -0.3 is 14.8 Å². The minimum atomic E-state index is -4.33. The zero-order chi connectivity index (χ0) is 14.6. The van der Waals surface area contributed by atoms with E-state index in [1.165, 1.54) is 6.07 Å². The van der Waals surface area contributed by atoms with Crippen molar-refractivity contribution in [2.45, 2.75) is 23.6 Å². The van der Waals surface area contributed by atoms with Gasteiger partial charge in [0, 0.05) is 10.6 Å². The van der Waals surface area contributed by atoms with E-state index in [0.29, 0.717) is 17.2 Å². The van der Waals surface area contributed by atoms with Gasteiger partial charge in [-0.3, -0.25) is 0 Å². The molecule has 2 aromatic rings. The molecule has 1 heterocycles. The molecule has 20 heavy (non-hydrogen) atoms. The van der Waals surface area contributed by atoms with Crippen LogP contribution in [0.15, 0.2) is 45.7 Å². The monoisotopic (exact) mass is 303 g/mol. The molecular weight excluding hydrogens is 291 g/mol. The Hall–Kier alpha value is -1.60. The predicted molar refractivity (Wildman–Crippen MR) is 70.3 cm³/mol. The van der Waals surface area contributed by atoms with Crippen LogP contribution in [0, 0.1) is 0 Å². The van der Waals surface area contributed by atoms with Gasteiger partial charge in [0.05, 0.1) is 6.54 Å². The van der Waals surface area contributed by atoms with E-state index in [1.807, 2.05) is 0 Å². The van der Waals surface area contributed by atoms with Crippen LogP contribution in [0.3, 0.4) is 0 Å². The average Bonchev–Trinajstić information content (AvgIpc) is 2.84. The lowest BCUT2D eigenvalue weighted by molar-refractivity contribution is -0.0327. The van der Waals surface area contributed by atoms with Crippen molar-refractivity contribution < 1.29 is 22.7 Å². The van der Waals surface area contributed by atoms with Gasteiger partial charge in [0.15, 0.2) is 0 Å². The molecule has 0 radical (unpaired) electrons. The molecule has 0 aliphatic carbocycles. The van der Waals surface area contributed by atoms with Crippen molar-refractivity contribution in [3.05, 3.63) is 47.9 Å². The first-order valence-electron chi connectivity index (χ1n) is 5.75. The topological polar surface area (TPSA) is 45.4 Å². The molecule has 3 nitrogen and oxygen atoms in total. The van der Waals surface area contributed by atoms with E-state index in [2.05, 4.69) is 5.32 Å². The minimum Gasteiger partial charge on any atom is -0.462 e. The minimum absolute atomic E-state index is 0.105. The van der Waals surface area contributed by atoms with E-state index in [-0.39, 0.29) is 29.8 Å². The van der Waals surface area contributed by atoms with Crippen LogP contribution in [0.2, 0.25) is 0 Å². The summed E-state index contributed by atoms with van der Waals surface area (Å²) in [5, 5.41) is 11.8. The summed E-state index contributed by atoms with van der Waals surface area (Å²) in [6, 6.07) is 9.47. The first-order chi connectivity index (χ1) is 9.48. The van der Waals surface area contributed by atoms with Gasteiger partial charge in [0.25, 0.3) is 0 Å². The van der Waals surface area contributed by atoms with Crippen LogP contribution in [-0.2, 0) is 13.2 Å². The van der Waals surface area contributed by atoms with Crippen LogP contribution in [-0.4, -0.2) is 10.6 Å². The normalized spacial score (nSPS) is 11.6. The zero-order valence-corrected chi connectivity index (χ0v) is 11.1. The Bertz CT molecular complexity index is 569. The molecule has 0 fully saturated rings. The molecule has 7 heteroatoms. The first-order valence-corrected chi connectivity index (χ1v) is 6.56. The Morgan fingerprint density at radius 3 is 2.45 bits per heavy atom. The predicted octanol–water partition coefficient (Wildman–Crippen LogP) is 4.00. The van der Waals surface area contributed by atoms with Gasteiger partial charge in [-0.1, -0.05) is 12.1 Å². The number of furan rings is 1. The van der Waals surface area contributed by atoms with Crippen LogP contribution in [0.5, 0.6) is 0 Å². The summed E-state index contributed by atoms with van der Waals surface area (Å²) in [5.74, 6) is 0.959. The summed E-state index contributed by atoms with van der Waals surface area (Å²) in [4.78, 5) is 0.105. The summed E-state index contributed by atoms with van der Waals surface area (Å²) in [7, 11) is 0. The highest BCUT2D eigenvalue weighted by molar-refractivity contribution is 8.00. The number of anilines is 1. The Labute approximate surface area is 117 Å². The maximum absolute atomic E-state index is 12.4. The van der Waals surface area contributed by atoms with Crippen molar-refractivity contribution in [1.29, 1.82) is 0 Å². The standard InChI is InChI=1S/C13H12F3NO2S/c14-13(15,16)20-12-4-2-1-3-11(12)17-7-9-5-6-10(8-18)19-9/h1-6,17-18H,7-8H2. The fourth-order valence-electron chi connectivity index (χ4n) is 1.61. The number of para-hydroxylation sites is 1. The second kappa shape index (κ2) is 6.23. The van der Waals surface area contributed by atoms with E-state index in [1.54, 1.807) is 30.3 Å². The number of halogens is 3. The highest BCUT2D eigenvalue weighted by Gasteiger charge is 2.30. The fourth-order valence-corrected chi connectivity index (χ4v) is 2.26. The molecule has 0 amide bonds. The largest absolute Gasteiger partial charge is 0.462 e. The lowest BCUT2D eigenvalue weighted by Gasteiger charge is -2.12. The van der Waals surface area contributed by atoms with E-state index < -0.39 is 5.51 Å². The number of benzene rings is 1. The van der Waals surface area contributed by atoms with Crippen molar-refractivity contribution in [1.82, 2.24) is 0 Å². The smallest absolute Gasteiger partial charge is 0.446 e.